The maximum Gasteiger partial charge on any atom is 0.234 e. The van der Waals surface area contributed by atoms with Crippen molar-refractivity contribution in [2.45, 2.75) is 26.1 Å². The molecular weight excluding hydrogens is 330 g/mol. The van der Waals surface area contributed by atoms with E-state index < -0.39 is 0 Å². The van der Waals surface area contributed by atoms with E-state index in [4.69, 9.17) is 0 Å². The number of anilines is 1. The number of carbonyl (C=O) groups excluding carboxylic acids is 1. The molecule has 2 heterocycles. The number of aromatic nitrogens is 2. The standard InChI is InChI=1S/C20H23N3OS/c1-15(2)12-23-10-8-16-11-17(6-7-19(16)23)22-20(24)14-25-13-18-5-3-4-9-21-18/h3-11,15H,12-14H2,1-2H3,(H,22,24). The fourth-order valence-corrected chi connectivity index (χ4v) is 3.50. The maximum atomic E-state index is 12.1. The molecule has 2 aromatic heterocycles. The number of hydrogen-bond acceptors (Lipinski definition) is 3. The predicted octanol–water partition coefficient (Wildman–Crippen LogP) is 4.56. The van der Waals surface area contributed by atoms with Crippen LogP contribution in [0.15, 0.2) is 54.9 Å². The molecule has 0 unspecified atom stereocenters. The Labute approximate surface area is 152 Å². The number of thioether (sulfide) groups is 1. The number of fused-ring (bicyclic) bond motifs is 1. The molecule has 4 nitrogen and oxygen atoms in total. The molecule has 0 aliphatic carbocycles. The van der Waals surface area contributed by atoms with Gasteiger partial charge in [-0.2, -0.15) is 0 Å². The highest BCUT2D eigenvalue weighted by Crippen LogP contribution is 2.22. The predicted molar refractivity (Wildman–Crippen MR) is 106 cm³/mol. The smallest absolute Gasteiger partial charge is 0.234 e. The highest BCUT2D eigenvalue weighted by Gasteiger charge is 2.07. The first kappa shape index (κ1) is 17.5. The average molecular weight is 353 g/mol. The van der Waals surface area contributed by atoms with Gasteiger partial charge in [-0.05, 0) is 42.3 Å². The van der Waals surface area contributed by atoms with Gasteiger partial charge in [-0.25, -0.2) is 0 Å². The molecule has 3 rings (SSSR count). The minimum absolute atomic E-state index is 0.0156. The lowest BCUT2D eigenvalue weighted by molar-refractivity contribution is -0.113. The minimum atomic E-state index is 0.0156. The van der Waals surface area contributed by atoms with Crippen molar-refractivity contribution in [2.24, 2.45) is 5.92 Å². The van der Waals surface area contributed by atoms with Gasteiger partial charge in [0.25, 0.3) is 0 Å². The van der Waals surface area contributed by atoms with Gasteiger partial charge in [0.15, 0.2) is 0 Å². The molecular formula is C20H23N3OS. The summed E-state index contributed by atoms with van der Waals surface area (Å²) >= 11 is 1.57. The summed E-state index contributed by atoms with van der Waals surface area (Å²) in [5.41, 5.74) is 3.04. The largest absolute Gasteiger partial charge is 0.347 e. The van der Waals surface area contributed by atoms with E-state index in [-0.39, 0.29) is 5.91 Å². The molecule has 1 aromatic carbocycles. The van der Waals surface area contributed by atoms with Crippen LogP contribution in [-0.2, 0) is 17.1 Å². The quantitative estimate of drug-likeness (QED) is 0.677. The van der Waals surface area contributed by atoms with Gasteiger partial charge in [0.1, 0.15) is 0 Å². The Kier molecular flexibility index (Phi) is 5.76. The number of amides is 1. The average Bonchev–Trinajstić information content (AvgIpc) is 2.97. The van der Waals surface area contributed by atoms with E-state index in [0.29, 0.717) is 11.7 Å². The van der Waals surface area contributed by atoms with E-state index >= 15 is 0 Å². The Morgan fingerprint density at radius 3 is 2.88 bits per heavy atom. The first-order valence-electron chi connectivity index (χ1n) is 8.48. The third-order valence-corrected chi connectivity index (χ3v) is 4.79. The zero-order valence-corrected chi connectivity index (χ0v) is 15.4. The van der Waals surface area contributed by atoms with Crippen molar-refractivity contribution in [1.82, 2.24) is 9.55 Å². The van der Waals surface area contributed by atoms with Gasteiger partial charge < -0.3 is 9.88 Å². The zero-order chi connectivity index (χ0) is 17.6. The van der Waals surface area contributed by atoms with Crippen molar-refractivity contribution < 1.29 is 4.79 Å². The number of hydrogen-bond donors (Lipinski definition) is 1. The van der Waals surface area contributed by atoms with Crippen LogP contribution in [0.1, 0.15) is 19.5 Å². The lowest BCUT2D eigenvalue weighted by atomic mass is 10.2. The van der Waals surface area contributed by atoms with Gasteiger partial charge in [-0.3, -0.25) is 9.78 Å². The molecule has 0 bridgehead atoms. The third-order valence-electron chi connectivity index (χ3n) is 3.83. The molecule has 0 radical (unpaired) electrons. The molecule has 0 saturated carbocycles. The van der Waals surface area contributed by atoms with Crippen molar-refractivity contribution in [3.63, 3.8) is 0 Å². The van der Waals surface area contributed by atoms with E-state index in [1.54, 1.807) is 18.0 Å². The summed E-state index contributed by atoms with van der Waals surface area (Å²) < 4.78 is 2.26. The van der Waals surface area contributed by atoms with E-state index in [1.165, 1.54) is 5.52 Å². The number of rotatable bonds is 7. The Bertz CT molecular complexity index is 843. The number of pyridine rings is 1. The maximum absolute atomic E-state index is 12.1. The van der Waals surface area contributed by atoms with Crippen LogP contribution < -0.4 is 5.32 Å². The summed E-state index contributed by atoms with van der Waals surface area (Å²) in [6.07, 6.45) is 3.88. The van der Waals surface area contributed by atoms with Crippen LogP contribution in [0.25, 0.3) is 10.9 Å². The van der Waals surface area contributed by atoms with Crippen LogP contribution in [0, 0.1) is 5.92 Å². The number of nitrogens with zero attached hydrogens (tertiary/aromatic N) is 2. The van der Waals surface area contributed by atoms with Crippen molar-refractivity contribution in [3.05, 3.63) is 60.6 Å². The molecule has 1 N–H and O–H groups in total. The van der Waals surface area contributed by atoms with Crippen LogP contribution in [0.4, 0.5) is 5.69 Å². The fraction of sp³-hybridized carbons (Fsp3) is 0.300. The molecule has 0 fully saturated rings. The SMILES string of the molecule is CC(C)Cn1ccc2cc(NC(=O)CSCc3ccccn3)ccc21. The minimum Gasteiger partial charge on any atom is -0.347 e. The third kappa shape index (κ3) is 4.86. The Hall–Kier alpha value is -2.27. The van der Waals surface area contributed by atoms with E-state index in [2.05, 4.69) is 47.0 Å². The monoisotopic (exact) mass is 353 g/mol. The topological polar surface area (TPSA) is 46.9 Å². The van der Waals surface area contributed by atoms with Crippen molar-refractivity contribution in [1.29, 1.82) is 0 Å². The van der Waals surface area contributed by atoms with Gasteiger partial charge in [0, 0.05) is 41.3 Å². The van der Waals surface area contributed by atoms with Gasteiger partial charge in [-0.1, -0.05) is 19.9 Å². The van der Waals surface area contributed by atoms with Crippen molar-refractivity contribution >= 4 is 34.3 Å². The second kappa shape index (κ2) is 8.21. The molecule has 0 aliphatic heterocycles. The zero-order valence-electron chi connectivity index (χ0n) is 14.6. The summed E-state index contributed by atoms with van der Waals surface area (Å²) in [5, 5.41) is 4.13. The van der Waals surface area contributed by atoms with E-state index in [0.717, 1.165) is 29.1 Å². The molecule has 130 valence electrons. The Balaban J connectivity index is 1.56. The van der Waals surface area contributed by atoms with E-state index in [1.807, 2.05) is 30.3 Å². The molecule has 25 heavy (non-hydrogen) atoms. The van der Waals surface area contributed by atoms with Crippen LogP contribution in [0.2, 0.25) is 0 Å². The molecule has 0 aliphatic rings. The van der Waals surface area contributed by atoms with Gasteiger partial charge in [-0.15, -0.1) is 11.8 Å². The number of benzene rings is 1. The Morgan fingerprint density at radius 2 is 2.12 bits per heavy atom. The fourth-order valence-electron chi connectivity index (χ4n) is 2.76. The summed E-state index contributed by atoms with van der Waals surface area (Å²) in [5.74, 6) is 1.78. The summed E-state index contributed by atoms with van der Waals surface area (Å²) in [6, 6.07) is 14.0. The van der Waals surface area contributed by atoms with Crippen LogP contribution in [-0.4, -0.2) is 21.2 Å². The summed E-state index contributed by atoms with van der Waals surface area (Å²) in [6.45, 7) is 5.42. The van der Waals surface area contributed by atoms with Gasteiger partial charge in [0.2, 0.25) is 5.91 Å². The molecule has 0 atom stereocenters. The highest BCUT2D eigenvalue weighted by atomic mass is 32.2. The molecule has 0 spiro atoms. The first-order valence-corrected chi connectivity index (χ1v) is 9.63. The summed E-state index contributed by atoms with van der Waals surface area (Å²) in [4.78, 5) is 16.4. The Morgan fingerprint density at radius 1 is 1.24 bits per heavy atom. The van der Waals surface area contributed by atoms with Crippen LogP contribution in [0.5, 0.6) is 0 Å². The van der Waals surface area contributed by atoms with Crippen molar-refractivity contribution in [3.8, 4) is 0 Å². The van der Waals surface area contributed by atoms with Crippen LogP contribution >= 0.6 is 11.8 Å². The lowest BCUT2D eigenvalue weighted by Gasteiger charge is -2.09. The van der Waals surface area contributed by atoms with E-state index in [9.17, 15) is 4.79 Å². The first-order chi connectivity index (χ1) is 12.1. The molecule has 1 amide bonds. The van der Waals surface area contributed by atoms with Crippen molar-refractivity contribution in [2.75, 3.05) is 11.1 Å². The van der Waals surface area contributed by atoms with Gasteiger partial charge in [0.05, 0.1) is 11.4 Å². The molecule has 3 aromatic rings. The number of carbonyl (C=O) groups is 1. The highest BCUT2D eigenvalue weighted by molar-refractivity contribution is 7.99. The summed E-state index contributed by atoms with van der Waals surface area (Å²) in [7, 11) is 0. The number of nitrogens with one attached hydrogen (secondary N) is 1. The van der Waals surface area contributed by atoms with Gasteiger partial charge >= 0.3 is 0 Å². The second-order valence-electron chi connectivity index (χ2n) is 6.50. The normalized spacial score (nSPS) is 11.2. The van der Waals surface area contributed by atoms with Crippen LogP contribution in [0.3, 0.4) is 0 Å². The molecule has 0 saturated heterocycles. The second-order valence-corrected chi connectivity index (χ2v) is 7.48. The lowest BCUT2D eigenvalue weighted by Crippen LogP contribution is -2.14. The molecule has 5 heteroatoms.